The van der Waals surface area contributed by atoms with Gasteiger partial charge in [-0.15, -0.1) is 0 Å². The van der Waals surface area contributed by atoms with E-state index in [0.29, 0.717) is 0 Å². The molecule has 4 nitrogen and oxygen atoms in total. The number of benzene rings is 1. The Kier molecular flexibility index (Phi) is 4.05. The lowest BCUT2D eigenvalue weighted by Crippen LogP contribution is -2.38. The predicted octanol–water partition coefficient (Wildman–Crippen LogP) is 1.90. The van der Waals surface area contributed by atoms with Gasteiger partial charge < -0.3 is 10.0 Å². The lowest BCUT2D eigenvalue weighted by Gasteiger charge is -2.27. The number of carbonyl (C=O) groups is 2. The minimum absolute atomic E-state index is 0.0610. The van der Waals surface area contributed by atoms with Crippen molar-refractivity contribution in [3.63, 3.8) is 0 Å². The fourth-order valence-corrected chi connectivity index (χ4v) is 1.68. The highest BCUT2D eigenvalue weighted by Crippen LogP contribution is 2.18. The number of aliphatic carboxylic acids is 1. The molecule has 0 unspecified atom stereocenters. The number of carbonyl (C=O) groups excluding carboxylic acids is 1. The van der Waals surface area contributed by atoms with E-state index in [2.05, 4.69) is 0 Å². The first-order valence-corrected chi connectivity index (χ1v) is 5.09. The molecule has 1 rings (SSSR count). The molecule has 0 aliphatic heterocycles. The summed E-state index contributed by atoms with van der Waals surface area (Å²) in [6, 6.07) is 8.72. The Bertz CT molecular complexity index is 375. The van der Waals surface area contributed by atoms with Gasteiger partial charge >= 0.3 is 5.97 Å². The normalized spacial score (nSPS) is 11.9. The van der Waals surface area contributed by atoms with Gasteiger partial charge in [0.25, 0.3) is 0 Å². The van der Waals surface area contributed by atoms with E-state index in [1.165, 1.54) is 11.8 Å². The summed E-state index contributed by atoms with van der Waals surface area (Å²) < 4.78 is 0. The highest BCUT2D eigenvalue weighted by molar-refractivity contribution is 5.92. The van der Waals surface area contributed by atoms with Crippen LogP contribution in [-0.4, -0.2) is 23.0 Å². The van der Waals surface area contributed by atoms with Crippen LogP contribution in [0, 0.1) is 0 Å². The Morgan fingerprint density at radius 2 is 1.88 bits per heavy atom. The third kappa shape index (κ3) is 3.08. The highest BCUT2D eigenvalue weighted by Gasteiger charge is 2.20. The van der Waals surface area contributed by atoms with Gasteiger partial charge in [0.1, 0.15) is 0 Å². The first-order valence-electron chi connectivity index (χ1n) is 5.09. The monoisotopic (exact) mass is 221 g/mol. The number of carboxylic acids is 1. The maximum atomic E-state index is 11.5. The molecule has 0 fully saturated rings. The van der Waals surface area contributed by atoms with E-state index in [-0.39, 0.29) is 18.4 Å². The van der Waals surface area contributed by atoms with Crippen LogP contribution in [0.2, 0.25) is 0 Å². The van der Waals surface area contributed by atoms with Crippen molar-refractivity contribution < 1.29 is 14.7 Å². The first-order chi connectivity index (χ1) is 7.52. The van der Waals surface area contributed by atoms with Crippen LogP contribution in [0.3, 0.4) is 0 Å². The van der Waals surface area contributed by atoms with Crippen LogP contribution in [0.4, 0.5) is 5.69 Å². The van der Waals surface area contributed by atoms with Crippen LogP contribution >= 0.6 is 0 Å². The average Bonchev–Trinajstić information content (AvgIpc) is 2.17. The van der Waals surface area contributed by atoms with E-state index in [1.807, 2.05) is 18.2 Å². The van der Waals surface area contributed by atoms with Gasteiger partial charge in [0, 0.05) is 18.7 Å². The van der Waals surface area contributed by atoms with Crippen LogP contribution in [0.5, 0.6) is 0 Å². The minimum Gasteiger partial charge on any atom is -0.481 e. The summed E-state index contributed by atoms with van der Waals surface area (Å²) in [6.07, 6.45) is -0.0610. The number of anilines is 1. The lowest BCUT2D eigenvalue weighted by molar-refractivity contribution is -0.137. The van der Waals surface area contributed by atoms with Gasteiger partial charge in [-0.3, -0.25) is 9.59 Å². The molecule has 0 aromatic heterocycles. The SMILES string of the molecule is CC(=O)N(c1ccccc1)[C@H](C)CC(=O)O. The molecule has 0 heterocycles. The molecule has 86 valence electrons. The van der Waals surface area contributed by atoms with E-state index in [4.69, 9.17) is 5.11 Å². The van der Waals surface area contributed by atoms with Crippen molar-refractivity contribution >= 4 is 17.6 Å². The number of amides is 1. The molecule has 1 amide bonds. The second kappa shape index (κ2) is 5.30. The van der Waals surface area contributed by atoms with Gasteiger partial charge in [-0.25, -0.2) is 0 Å². The van der Waals surface area contributed by atoms with E-state index in [1.54, 1.807) is 19.1 Å². The van der Waals surface area contributed by atoms with E-state index < -0.39 is 5.97 Å². The third-order valence-corrected chi connectivity index (χ3v) is 2.28. The van der Waals surface area contributed by atoms with Crippen molar-refractivity contribution in [1.82, 2.24) is 0 Å². The second-order valence-electron chi connectivity index (χ2n) is 3.67. The summed E-state index contributed by atoms with van der Waals surface area (Å²) in [6.45, 7) is 3.16. The Hall–Kier alpha value is -1.84. The second-order valence-corrected chi connectivity index (χ2v) is 3.67. The zero-order valence-corrected chi connectivity index (χ0v) is 9.38. The minimum atomic E-state index is -0.908. The first kappa shape index (κ1) is 12.2. The van der Waals surface area contributed by atoms with Crippen molar-refractivity contribution in [2.75, 3.05) is 4.90 Å². The lowest BCUT2D eigenvalue weighted by atomic mass is 10.1. The summed E-state index contributed by atoms with van der Waals surface area (Å²) in [5.41, 5.74) is 0.726. The van der Waals surface area contributed by atoms with Crippen molar-refractivity contribution in [3.8, 4) is 0 Å². The summed E-state index contributed by atoms with van der Waals surface area (Å²) in [4.78, 5) is 23.6. The Morgan fingerprint density at radius 3 is 2.31 bits per heavy atom. The van der Waals surface area contributed by atoms with Gasteiger partial charge in [0.05, 0.1) is 6.42 Å². The molecular weight excluding hydrogens is 206 g/mol. The van der Waals surface area contributed by atoms with Crippen LogP contribution in [0.15, 0.2) is 30.3 Å². The van der Waals surface area contributed by atoms with Crippen LogP contribution in [0.1, 0.15) is 20.3 Å². The average molecular weight is 221 g/mol. The number of rotatable bonds is 4. The highest BCUT2D eigenvalue weighted by atomic mass is 16.4. The summed E-state index contributed by atoms with van der Waals surface area (Å²) in [7, 11) is 0. The van der Waals surface area contributed by atoms with Crippen molar-refractivity contribution in [3.05, 3.63) is 30.3 Å². The number of hydrogen-bond acceptors (Lipinski definition) is 2. The van der Waals surface area contributed by atoms with Gasteiger partial charge in [0.15, 0.2) is 0 Å². The number of hydrogen-bond donors (Lipinski definition) is 1. The molecule has 16 heavy (non-hydrogen) atoms. The Morgan fingerprint density at radius 1 is 1.31 bits per heavy atom. The van der Waals surface area contributed by atoms with Crippen LogP contribution < -0.4 is 4.90 Å². The molecule has 1 aromatic rings. The standard InChI is InChI=1S/C12H15NO3/c1-9(8-12(15)16)13(10(2)14)11-6-4-3-5-7-11/h3-7,9H,8H2,1-2H3,(H,15,16)/t9-/m1/s1. The Balaban J connectivity index is 2.92. The molecule has 1 N–H and O–H groups in total. The zero-order chi connectivity index (χ0) is 12.1. The molecule has 0 saturated carbocycles. The van der Waals surface area contributed by atoms with Crippen molar-refractivity contribution in [1.29, 1.82) is 0 Å². The van der Waals surface area contributed by atoms with Crippen molar-refractivity contribution in [2.45, 2.75) is 26.3 Å². The molecule has 0 bridgehead atoms. The smallest absolute Gasteiger partial charge is 0.305 e. The molecular formula is C12H15NO3. The summed E-state index contributed by atoms with van der Waals surface area (Å²) >= 11 is 0. The summed E-state index contributed by atoms with van der Waals surface area (Å²) in [5.74, 6) is -1.06. The van der Waals surface area contributed by atoms with E-state index in [0.717, 1.165) is 5.69 Å². The topological polar surface area (TPSA) is 57.6 Å². The molecule has 4 heteroatoms. The maximum Gasteiger partial charge on any atom is 0.305 e. The fraction of sp³-hybridized carbons (Fsp3) is 0.333. The van der Waals surface area contributed by atoms with Crippen molar-refractivity contribution in [2.24, 2.45) is 0 Å². The van der Waals surface area contributed by atoms with Gasteiger partial charge in [0.2, 0.25) is 5.91 Å². The molecule has 1 aromatic carbocycles. The summed E-state index contributed by atoms with van der Waals surface area (Å²) in [5, 5.41) is 8.72. The largest absolute Gasteiger partial charge is 0.481 e. The number of nitrogens with zero attached hydrogens (tertiary/aromatic N) is 1. The fourth-order valence-electron chi connectivity index (χ4n) is 1.68. The van der Waals surface area contributed by atoms with Gasteiger partial charge in [-0.2, -0.15) is 0 Å². The number of para-hydroxylation sites is 1. The van der Waals surface area contributed by atoms with E-state index >= 15 is 0 Å². The predicted molar refractivity (Wildman–Crippen MR) is 61.3 cm³/mol. The number of carboxylic acid groups (broad SMARTS) is 1. The molecule has 0 saturated heterocycles. The molecule has 0 spiro atoms. The maximum absolute atomic E-state index is 11.5. The quantitative estimate of drug-likeness (QED) is 0.844. The van der Waals surface area contributed by atoms with Gasteiger partial charge in [-0.05, 0) is 19.1 Å². The molecule has 0 aliphatic carbocycles. The molecule has 1 atom stereocenters. The van der Waals surface area contributed by atoms with Crippen LogP contribution in [-0.2, 0) is 9.59 Å². The third-order valence-electron chi connectivity index (χ3n) is 2.28. The van der Waals surface area contributed by atoms with Gasteiger partial charge in [-0.1, -0.05) is 18.2 Å². The van der Waals surface area contributed by atoms with Crippen LogP contribution in [0.25, 0.3) is 0 Å². The molecule has 0 aliphatic rings. The van der Waals surface area contributed by atoms with E-state index in [9.17, 15) is 9.59 Å². The zero-order valence-electron chi connectivity index (χ0n) is 9.38. The molecule has 0 radical (unpaired) electrons. The Labute approximate surface area is 94.5 Å².